The molecule has 110 valence electrons. The Morgan fingerprint density at radius 2 is 2.18 bits per heavy atom. The quantitative estimate of drug-likeness (QED) is 0.750. The second kappa shape index (κ2) is 4.36. The highest BCUT2D eigenvalue weighted by Crippen LogP contribution is 2.35. The van der Waals surface area contributed by atoms with Gasteiger partial charge in [-0.2, -0.15) is 5.10 Å². The molecule has 2 aliphatic heterocycles. The minimum absolute atomic E-state index is 0.244. The van der Waals surface area contributed by atoms with E-state index in [0.717, 1.165) is 23.3 Å². The van der Waals surface area contributed by atoms with Crippen LogP contribution in [0.25, 0.3) is 16.9 Å². The summed E-state index contributed by atoms with van der Waals surface area (Å²) in [4.78, 5) is 4.55. The molecule has 0 unspecified atom stereocenters. The first-order chi connectivity index (χ1) is 10.8. The SMILES string of the molecule is Fc1cccc(-c2cc3ncc4c(n3n2)C[C@H]2CC[C@H]4N2)c1. The van der Waals surface area contributed by atoms with Gasteiger partial charge in [0.05, 0.1) is 11.4 Å². The first-order valence-corrected chi connectivity index (χ1v) is 7.67. The fraction of sp³-hybridized carbons (Fsp3) is 0.294. The molecule has 22 heavy (non-hydrogen) atoms. The topological polar surface area (TPSA) is 42.2 Å². The number of hydrogen-bond donors (Lipinski definition) is 1. The lowest BCUT2D eigenvalue weighted by Gasteiger charge is -2.24. The average Bonchev–Trinajstić information content (AvgIpc) is 3.12. The Bertz CT molecular complexity index is 885. The fourth-order valence-electron chi connectivity index (χ4n) is 3.74. The highest BCUT2D eigenvalue weighted by atomic mass is 19.1. The van der Waals surface area contributed by atoms with Crippen LogP contribution in [0.5, 0.6) is 0 Å². The van der Waals surface area contributed by atoms with Gasteiger partial charge in [-0.15, -0.1) is 0 Å². The van der Waals surface area contributed by atoms with E-state index in [9.17, 15) is 4.39 Å². The Kier molecular flexibility index (Phi) is 2.44. The molecule has 1 saturated heterocycles. The molecule has 4 heterocycles. The predicted molar refractivity (Wildman–Crippen MR) is 81.0 cm³/mol. The van der Waals surface area contributed by atoms with Crippen LogP contribution in [-0.2, 0) is 6.42 Å². The van der Waals surface area contributed by atoms with E-state index in [0.29, 0.717) is 12.1 Å². The monoisotopic (exact) mass is 294 g/mol. The van der Waals surface area contributed by atoms with E-state index in [1.54, 1.807) is 6.07 Å². The van der Waals surface area contributed by atoms with E-state index in [1.165, 1.54) is 36.2 Å². The summed E-state index contributed by atoms with van der Waals surface area (Å²) in [6.45, 7) is 0. The van der Waals surface area contributed by atoms with Gasteiger partial charge in [0, 0.05) is 41.9 Å². The Morgan fingerprint density at radius 3 is 3.09 bits per heavy atom. The van der Waals surface area contributed by atoms with E-state index in [1.807, 2.05) is 22.8 Å². The number of halogens is 1. The van der Waals surface area contributed by atoms with Crippen LogP contribution in [0.4, 0.5) is 4.39 Å². The molecule has 3 aromatic rings. The Balaban J connectivity index is 1.70. The first-order valence-electron chi connectivity index (χ1n) is 7.67. The van der Waals surface area contributed by atoms with E-state index in [2.05, 4.69) is 10.3 Å². The fourth-order valence-corrected chi connectivity index (χ4v) is 3.74. The van der Waals surface area contributed by atoms with Crippen molar-refractivity contribution in [1.82, 2.24) is 19.9 Å². The van der Waals surface area contributed by atoms with Gasteiger partial charge < -0.3 is 5.32 Å². The molecule has 2 aliphatic rings. The van der Waals surface area contributed by atoms with Gasteiger partial charge >= 0.3 is 0 Å². The normalized spacial score (nSPS) is 23.0. The molecule has 0 aliphatic carbocycles. The van der Waals surface area contributed by atoms with Crippen LogP contribution in [0.2, 0.25) is 0 Å². The van der Waals surface area contributed by atoms with Crippen LogP contribution in [-0.4, -0.2) is 20.6 Å². The van der Waals surface area contributed by atoms with Crippen molar-refractivity contribution in [2.24, 2.45) is 0 Å². The summed E-state index contributed by atoms with van der Waals surface area (Å²) in [7, 11) is 0. The van der Waals surface area contributed by atoms with Crippen LogP contribution in [0.15, 0.2) is 36.5 Å². The minimum atomic E-state index is -0.244. The predicted octanol–water partition coefficient (Wildman–Crippen LogP) is 2.88. The second-order valence-electron chi connectivity index (χ2n) is 6.17. The number of rotatable bonds is 1. The molecule has 5 rings (SSSR count). The van der Waals surface area contributed by atoms with Crippen LogP contribution in [0.1, 0.15) is 30.1 Å². The zero-order valence-corrected chi connectivity index (χ0v) is 12.0. The lowest BCUT2D eigenvalue weighted by Crippen LogP contribution is -2.33. The second-order valence-corrected chi connectivity index (χ2v) is 6.17. The van der Waals surface area contributed by atoms with E-state index >= 15 is 0 Å². The highest BCUT2D eigenvalue weighted by molar-refractivity contribution is 5.64. The highest BCUT2D eigenvalue weighted by Gasteiger charge is 2.34. The summed E-state index contributed by atoms with van der Waals surface area (Å²) in [5, 5.41) is 8.32. The summed E-state index contributed by atoms with van der Waals surface area (Å²) >= 11 is 0. The molecule has 0 saturated carbocycles. The molecule has 0 radical (unpaired) electrons. The van der Waals surface area contributed by atoms with Gasteiger partial charge in [-0.3, -0.25) is 0 Å². The van der Waals surface area contributed by atoms with Crippen molar-refractivity contribution in [1.29, 1.82) is 0 Å². The van der Waals surface area contributed by atoms with Gasteiger partial charge in [0.15, 0.2) is 5.65 Å². The Labute approximate surface area is 127 Å². The first kappa shape index (κ1) is 12.3. The molecule has 0 amide bonds. The van der Waals surface area contributed by atoms with Crippen LogP contribution < -0.4 is 5.32 Å². The van der Waals surface area contributed by atoms with Crippen molar-refractivity contribution >= 4 is 5.65 Å². The zero-order chi connectivity index (χ0) is 14.7. The molecule has 2 aromatic heterocycles. The van der Waals surface area contributed by atoms with Crippen molar-refractivity contribution in [2.75, 3.05) is 0 Å². The lowest BCUT2D eigenvalue weighted by atomic mass is 10.0. The third kappa shape index (κ3) is 1.72. The number of nitrogens with zero attached hydrogens (tertiary/aromatic N) is 3. The zero-order valence-electron chi connectivity index (χ0n) is 12.0. The number of hydrogen-bond acceptors (Lipinski definition) is 3. The molecular weight excluding hydrogens is 279 g/mol. The van der Waals surface area contributed by atoms with Crippen molar-refractivity contribution in [3.8, 4) is 11.3 Å². The van der Waals surface area contributed by atoms with Crippen LogP contribution >= 0.6 is 0 Å². The largest absolute Gasteiger partial charge is 0.307 e. The number of benzene rings is 1. The van der Waals surface area contributed by atoms with E-state index in [4.69, 9.17) is 5.10 Å². The summed E-state index contributed by atoms with van der Waals surface area (Å²) in [6.07, 6.45) is 5.33. The molecule has 1 fully saturated rings. The summed E-state index contributed by atoms with van der Waals surface area (Å²) in [5.41, 5.74) is 4.90. The number of aromatic nitrogens is 3. The third-order valence-electron chi connectivity index (χ3n) is 4.79. The molecule has 1 N–H and O–H groups in total. The molecule has 2 atom stereocenters. The molecule has 0 spiro atoms. The van der Waals surface area contributed by atoms with Gasteiger partial charge in [-0.1, -0.05) is 12.1 Å². The molecule has 4 nitrogen and oxygen atoms in total. The van der Waals surface area contributed by atoms with Crippen molar-refractivity contribution in [3.63, 3.8) is 0 Å². The summed E-state index contributed by atoms with van der Waals surface area (Å²) < 4.78 is 15.4. The van der Waals surface area contributed by atoms with Gasteiger partial charge in [0.25, 0.3) is 0 Å². The van der Waals surface area contributed by atoms with Gasteiger partial charge in [-0.05, 0) is 25.0 Å². The lowest BCUT2D eigenvalue weighted by molar-refractivity contribution is 0.496. The smallest absolute Gasteiger partial charge is 0.155 e. The Hall–Kier alpha value is -2.27. The summed E-state index contributed by atoms with van der Waals surface area (Å²) in [5.74, 6) is -0.244. The number of nitrogens with one attached hydrogen (secondary N) is 1. The third-order valence-corrected chi connectivity index (χ3v) is 4.79. The van der Waals surface area contributed by atoms with Crippen molar-refractivity contribution in [3.05, 3.63) is 53.6 Å². The maximum atomic E-state index is 13.4. The van der Waals surface area contributed by atoms with Gasteiger partial charge in [0.2, 0.25) is 0 Å². The summed E-state index contributed by atoms with van der Waals surface area (Å²) in [6, 6.07) is 9.43. The molecule has 1 aromatic carbocycles. The average molecular weight is 294 g/mol. The standard InChI is InChI=1S/C17H15FN4/c18-11-3-1-2-10(6-11)15-8-17-19-9-13-14-5-4-12(20-14)7-16(13)22(17)21-15/h1-3,6,8-9,12,14,20H,4-5,7H2/t12-,14-/m1/s1. The van der Waals surface area contributed by atoms with Gasteiger partial charge in [-0.25, -0.2) is 13.9 Å². The molecule has 5 heteroatoms. The molecular formula is C17H15FN4. The van der Waals surface area contributed by atoms with E-state index in [-0.39, 0.29) is 5.82 Å². The van der Waals surface area contributed by atoms with Crippen LogP contribution in [0, 0.1) is 5.82 Å². The Morgan fingerprint density at radius 1 is 1.23 bits per heavy atom. The maximum absolute atomic E-state index is 13.4. The maximum Gasteiger partial charge on any atom is 0.155 e. The van der Waals surface area contributed by atoms with Crippen LogP contribution in [0.3, 0.4) is 0 Å². The number of fused-ring (bicyclic) bond motifs is 6. The van der Waals surface area contributed by atoms with Crippen molar-refractivity contribution in [2.45, 2.75) is 31.3 Å². The minimum Gasteiger partial charge on any atom is -0.307 e. The van der Waals surface area contributed by atoms with E-state index < -0.39 is 0 Å². The van der Waals surface area contributed by atoms with Crippen molar-refractivity contribution < 1.29 is 4.39 Å². The molecule has 2 bridgehead atoms. The van der Waals surface area contributed by atoms with Gasteiger partial charge in [0.1, 0.15) is 5.82 Å².